The van der Waals surface area contributed by atoms with Crippen molar-refractivity contribution in [3.63, 3.8) is 0 Å². The van der Waals surface area contributed by atoms with Gasteiger partial charge in [0.2, 0.25) is 0 Å². The third-order valence-electron chi connectivity index (χ3n) is 2.04. The first-order chi connectivity index (χ1) is 6.46. The van der Waals surface area contributed by atoms with Crippen LogP contribution in [0, 0.1) is 0 Å². The highest BCUT2D eigenvalue weighted by atomic mass is 35.5. The SMILES string of the molecule is COCc1cccc(Cl)c1C(C)(C)N. The minimum Gasteiger partial charge on any atom is -0.380 e. The van der Waals surface area contributed by atoms with Gasteiger partial charge in [0.05, 0.1) is 6.61 Å². The van der Waals surface area contributed by atoms with Gasteiger partial charge in [-0.25, -0.2) is 0 Å². The molecule has 0 spiro atoms. The highest BCUT2D eigenvalue weighted by Crippen LogP contribution is 2.29. The molecule has 0 unspecified atom stereocenters. The van der Waals surface area contributed by atoms with Crippen molar-refractivity contribution >= 4 is 11.6 Å². The maximum absolute atomic E-state index is 6.11. The van der Waals surface area contributed by atoms with E-state index in [2.05, 4.69) is 0 Å². The molecule has 0 saturated heterocycles. The molecule has 14 heavy (non-hydrogen) atoms. The number of ether oxygens (including phenoxy) is 1. The Morgan fingerprint density at radius 2 is 2.07 bits per heavy atom. The molecule has 1 aromatic rings. The van der Waals surface area contributed by atoms with Gasteiger partial charge in [0, 0.05) is 17.7 Å². The molecule has 78 valence electrons. The molecular weight excluding hydrogens is 198 g/mol. The zero-order chi connectivity index (χ0) is 10.8. The number of hydrogen-bond acceptors (Lipinski definition) is 2. The Kier molecular flexibility index (Phi) is 3.53. The van der Waals surface area contributed by atoms with Gasteiger partial charge < -0.3 is 10.5 Å². The van der Waals surface area contributed by atoms with Crippen molar-refractivity contribution in [2.24, 2.45) is 5.73 Å². The van der Waals surface area contributed by atoms with Crippen LogP contribution in [-0.4, -0.2) is 7.11 Å². The molecule has 1 aromatic carbocycles. The summed E-state index contributed by atoms with van der Waals surface area (Å²) in [7, 11) is 1.66. The van der Waals surface area contributed by atoms with Gasteiger partial charge >= 0.3 is 0 Å². The van der Waals surface area contributed by atoms with E-state index in [1.807, 2.05) is 32.0 Å². The topological polar surface area (TPSA) is 35.2 Å². The highest BCUT2D eigenvalue weighted by molar-refractivity contribution is 6.31. The van der Waals surface area contributed by atoms with Crippen molar-refractivity contribution in [2.45, 2.75) is 26.0 Å². The van der Waals surface area contributed by atoms with Gasteiger partial charge in [-0.05, 0) is 31.0 Å². The first kappa shape index (κ1) is 11.5. The normalized spacial score (nSPS) is 11.8. The summed E-state index contributed by atoms with van der Waals surface area (Å²) in [5.74, 6) is 0. The number of hydrogen-bond donors (Lipinski definition) is 1. The Morgan fingerprint density at radius 1 is 1.43 bits per heavy atom. The lowest BCUT2D eigenvalue weighted by Gasteiger charge is -2.24. The summed E-state index contributed by atoms with van der Waals surface area (Å²) in [4.78, 5) is 0. The van der Waals surface area contributed by atoms with Gasteiger partial charge in [-0.2, -0.15) is 0 Å². The quantitative estimate of drug-likeness (QED) is 0.838. The van der Waals surface area contributed by atoms with E-state index in [4.69, 9.17) is 22.1 Å². The van der Waals surface area contributed by atoms with E-state index in [1.165, 1.54) is 0 Å². The minimum absolute atomic E-state index is 0.438. The molecule has 2 nitrogen and oxygen atoms in total. The van der Waals surface area contributed by atoms with Crippen LogP contribution in [0.2, 0.25) is 5.02 Å². The monoisotopic (exact) mass is 213 g/mol. The smallest absolute Gasteiger partial charge is 0.0716 e. The molecular formula is C11H16ClNO. The summed E-state index contributed by atoms with van der Waals surface area (Å²) in [6, 6.07) is 5.75. The van der Waals surface area contributed by atoms with Crippen LogP contribution in [0.4, 0.5) is 0 Å². The van der Waals surface area contributed by atoms with Gasteiger partial charge in [-0.3, -0.25) is 0 Å². The fraction of sp³-hybridized carbons (Fsp3) is 0.455. The summed E-state index contributed by atoms with van der Waals surface area (Å²) in [6.45, 7) is 4.41. The Bertz CT molecular complexity index is 318. The molecule has 0 aliphatic heterocycles. The molecule has 1 rings (SSSR count). The molecule has 0 bridgehead atoms. The first-order valence-corrected chi connectivity index (χ1v) is 4.90. The number of halogens is 1. The Hall–Kier alpha value is -0.570. The molecule has 0 aliphatic carbocycles. The Labute approximate surface area is 90.0 Å². The Balaban J connectivity index is 3.22. The van der Waals surface area contributed by atoms with Crippen molar-refractivity contribution < 1.29 is 4.74 Å². The molecule has 2 N–H and O–H groups in total. The van der Waals surface area contributed by atoms with Crippen LogP contribution in [0.15, 0.2) is 18.2 Å². The summed E-state index contributed by atoms with van der Waals surface area (Å²) in [6.07, 6.45) is 0. The zero-order valence-corrected chi connectivity index (χ0v) is 9.56. The fourth-order valence-electron chi connectivity index (χ4n) is 1.57. The van der Waals surface area contributed by atoms with Crippen LogP contribution < -0.4 is 5.73 Å². The Morgan fingerprint density at radius 3 is 2.57 bits per heavy atom. The number of methoxy groups -OCH3 is 1. The van der Waals surface area contributed by atoms with E-state index in [9.17, 15) is 0 Å². The second-order valence-corrected chi connectivity index (χ2v) is 4.34. The lowest BCUT2D eigenvalue weighted by atomic mass is 9.91. The lowest BCUT2D eigenvalue weighted by molar-refractivity contribution is 0.183. The molecule has 0 fully saturated rings. The lowest BCUT2D eigenvalue weighted by Crippen LogP contribution is -2.30. The van der Waals surface area contributed by atoms with Gasteiger partial charge in [-0.1, -0.05) is 23.7 Å². The fourth-order valence-corrected chi connectivity index (χ4v) is 2.00. The molecule has 0 radical (unpaired) electrons. The average molecular weight is 214 g/mol. The maximum Gasteiger partial charge on any atom is 0.0716 e. The summed E-state index contributed by atoms with van der Waals surface area (Å²) in [5, 5.41) is 0.701. The van der Waals surface area contributed by atoms with Crippen molar-refractivity contribution in [3.05, 3.63) is 34.3 Å². The standard InChI is InChI=1S/C11H16ClNO/c1-11(2,13)10-8(7-14-3)5-4-6-9(10)12/h4-6H,7,13H2,1-3H3. The van der Waals surface area contributed by atoms with Crippen molar-refractivity contribution in [1.29, 1.82) is 0 Å². The molecule has 0 saturated carbocycles. The first-order valence-electron chi connectivity index (χ1n) is 4.52. The predicted octanol–water partition coefficient (Wildman–Crippen LogP) is 2.68. The van der Waals surface area contributed by atoms with Crippen molar-refractivity contribution in [1.82, 2.24) is 0 Å². The maximum atomic E-state index is 6.11. The molecule has 0 aromatic heterocycles. The molecule has 3 heteroatoms. The number of nitrogens with two attached hydrogens (primary N) is 1. The van der Waals surface area contributed by atoms with Gasteiger partial charge in [0.15, 0.2) is 0 Å². The van der Waals surface area contributed by atoms with E-state index >= 15 is 0 Å². The third kappa shape index (κ3) is 2.47. The van der Waals surface area contributed by atoms with Crippen LogP contribution in [0.25, 0.3) is 0 Å². The van der Waals surface area contributed by atoms with Gasteiger partial charge in [0.1, 0.15) is 0 Å². The van der Waals surface area contributed by atoms with Crippen molar-refractivity contribution in [3.8, 4) is 0 Å². The summed E-state index contributed by atoms with van der Waals surface area (Å²) >= 11 is 6.11. The average Bonchev–Trinajstić information content (AvgIpc) is 2.02. The van der Waals surface area contributed by atoms with Crippen molar-refractivity contribution in [2.75, 3.05) is 7.11 Å². The zero-order valence-electron chi connectivity index (χ0n) is 8.80. The predicted molar refractivity (Wildman–Crippen MR) is 59.4 cm³/mol. The van der Waals surface area contributed by atoms with E-state index in [0.717, 1.165) is 11.1 Å². The second kappa shape index (κ2) is 4.30. The largest absolute Gasteiger partial charge is 0.380 e. The summed E-state index contributed by atoms with van der Waals surface area (Å²) in [5.41, 5.74) is 7.62. The van der Waals surface area contributed by atoms with Crippen LogP contribution >= 0.6 is 11.6 Å². The van der Waals surface area contributed by atoms with E-state index in [-0.39, 0.29) is 0 Å². The van der Waals surface area contributed by atoms with Gasteiger partial charge in [0.25, 0.3) is 0 Å². The second-order valence-electron chi connectivity index (χ2n) is 3.93. The van der Waals surface area contributed by atoms with E-state index in [1.54, 1.807) is 7.11 Å². The highest BCUT2D eigenvalue weighted by Gasteiger charge is 2.21. The van der Waals surface area contributed by atoms with Crippen LogP contribution in [0.1, 0.15) is 25.0 Å². The number of benzene rings is 1. The molecule has 0 aliphatic rings. The van der Waals surface area contributed by atoms with Crippen LogP contribution in [-0.2, 0) is 16.9 Å². The van der Waals surface area contributed by atoms with Crippen LogP contribution in [0.5, 0.6) is 0 Å². The molecule has 0 atom stereocenters. The van der Waals surface area contributed by atoms with E-state index < -0.39 is 5.54 Å². The number of rotatable bonds is 3. The minimum atomic E-state index is -0.438. The van der Waals surface area contributed by atoms with E-state index in [0.29, 0.717) is 11.6 Å². The van der Waals surface area contributed by atoms with Gasteiger partial charge in [-0.15, -0.1) is 0 Å². The summed E-state index contributed by atoms with van der Waals surface area (Å²) < 4.78 is 5.10. The third-order valence-corrected chi connectivity index (χ3v) is 2.36. The van der Waals surface area contributed by atoms with Crippen LogP contribution in [0.3, 0.4) is 0 Å². The molecule has 0 heterocycles. The molecule has 0 amide bonds.